The van der Waals surface area contributed by atoms with E-state index in [1.807, 2.05) is 0 Å². The van der Waals surface area contributed by atoms with Gasteiger partial charge >= 0.3 is 6.18 Å². The fourth-order valence-electron chi connectivity index (χ4n) is 3.45. The summed E-state index contributed by atoms with van der Waals surface area (Å²) in [6.07, 6.45) is -2.20. The lowest BCUT2D eigenvalue weighted by molar-refractivity contribution is -0.140. The van der Waals surface area contributed by atoms with Crippen LogP contribution in [-0.2, 0) is 6.18 Å². The van der Waals surface area contributed by atoms with Gasteiger partial charge in [-0.15, -0.1) is 0 Å². The zero-order valence-electron chi connectivity index (χ0n) is 15.1. The summed E-state index contributed by atoms with van der Waals surface area (Å²) in [4.78, 5) is 20.3. The fourth-order valence-corrected chi connectivity index (χ4v) is 3.45. The summed E-state index contributed by atoms with van der Waals surface area (Å²) in [5, 5.41) is 6.91. The third-order valence-corrected chi connectivity index (χ3v) is 4.96. The Kier molecular flexibility index (Phi) is 4.85. The minimum absolute atomic E-state index is 0.0230. The first-order chi connectivity index (χ1) is 13.8. The van der Waals surface area contributed by atoms with E-state index < -0.39 is 17.7 Å². The first kappa shape index (κ1) is 19.2. The van der Waals surface area contributed by atoms with Gasteiger partial charge in [0.25, 0.3) is 5.91 Å². The molecule has 29 heavy (non-hydrogen) atoms. The number of nitrogens with zero attached hydrogens (tertiary/aromatic N) is 3. The molecular formula is C19H17F4N5O. The molecule has 4 rings (SSSR count). The number of nitrogens with one attached hydrogen (secondary N) is 2. The van der Waals surface area contributed by atoms with Crippen molar-refractivity contribution in [3.8, 4) is 11.5 Å². The zero-order valence-corrected chi connectivity index (χ0v) is 15.1. The molecule has 1 saturated heterocycles. The molecule has 10 heteroatoms. The number of amides is 1. The molecule has 1 aromatic carbocycles. The highest BCUT2D eigenvalue weighted by Crippen LogP contribution is 2.31. The van der Waals surface area contributed by atoms with Gasteiger partial charge in [-0.1, -0.05) is 0 Å². The van der Waals surface area contributed by atoms with E-state index in [0.717, 1.165) is 24.7 Å². The Morgan fingerprint density at radius 1 is 1.21 bits per heavy atom. The number of aromatic nitrogens is 4. The highest BCUT2D eigenvalue weighted by molar-refractivity contribution is 5.94. The average molecular weight is 407 g/mol. The Morgan fingerprint density at radius 2 is 1.97 bits per heavy atom. The van der Waals surface area contributed by atoms with E-state index in [1.54, 1.807) is 11.0 Å². The summed E-state index contributed by atoms with van der Waals surface area (Å²) in [6.45, 7) is 1.02. The Balaban J connectivity index is 1.48. The monoisotopic (exact) mass is 407 g/mol. The summed E-state index contributed by atoms with van der Waals surface area (Å²) < 4.78 is 51.3. The first-order valence-electron chi connectivity index (χ1n) is 9.04. The van der Waals surface area contributed by atoms with Crippen LogP contribution in [0.4, 0.5) is 17.6 Å². The average Bonchev–Trinajstić information content (AvgIpc) is 3.37. The van der Waals surface area contributed by atoms with Crippen molar-refractivity contribution in [3.63, 3.8) is 0 Å². The van der Waals surface area contributed by atoms with Gasteiger partial charge in [0.2, 0.25) is 0 Å². The molecule has 152 valence electrons. The number of carbonyl (C=O) groups is 1. The molecule has 1 fully saturated rings. The molecule has 0 bridgehead atoms. The molecule has 2 aromatic heterocycles. The molecule has 2 N–H and O–H groups in total. The van der Waals surface area contributed by atoms with Crippen LogP contribution in [0, 0.1) is 5.82 Å². The fraction of sp³-hybridized carbons (Fsp3) is 0.316. The molecule has 0 saturated carbocycles. The number of hydrogen-bond donors (Lipinski definition) is 2. The third-order valence-electron chi connectivity index (χ3n) is 4.96. The second-order valence-electron chi connectivity index (χ2n) is 6.95. The Hall–Kier alpha value is -3.17. The number of aromatic amines is 2. The van der Waals surface area contributed by atoms with Crippen LogP contribution in [-0.4, -0.2) is 44.1 Å². The van der Waals surface area contributed by atoms with Crippen LogP contribution in [0.2, 0.25) is 0 Å². The van der Waals surface area contributed by atoms with Crippen molar-refractivity contribution in [1.29, 1.82) is 0 Å². The molecule has 1 aliphatic rings. The number of imidazole rings is 1. The van der Waals surface area contributed by atoms with E-state index in [9.17, 15) is 22.4 Å². The van der Waals surface area contributed by atoms with E-state index in [4.69, 9.17) is 0 Å². The maximum absolute atomic E-state index is 13.1. The van der Waals surface area contributed by atoms with E-state index in [-0.39, 0.29) is 23.3 Å². The summed E-state index contributed by atoms with van der Waals surface area (Å²) in [5.74, 6) is -0.605. The Bertz CT molecular complexity index is 1010. The van der Waals surface area contributed by atoms with Crippen LogP contribution in [0.15, 0.2) is 36.5 Å². The van der Waals surface area contributed by atoms with Crippen molar-refractivity contribution in [2.45, 2.75) is 24.9 Å². The summed E-state index contributed by atoms with van der Waals surface area (Å²) in [5.41, 5.74) is 0.470. The standard InChI is InChI=1S/C19H17F4N5O/c20-13-5-3-11(4-6-13)18(29)28-7-1-2-12(10-28)14-8-15(27-26-14)17-24-9-16(25-17)19(21,22)23/h3-6,8-9,12H,1-2,7,10H2,(H,24,25)(H,26,27)/t12-/m0/s1. The molecular weight excluding hydrogens is 390 g/mol. The lowest BCUT2D eigenvalue weighted by Crippen LogP contribution is -2.39. The predicted molar refractivity (Wildman–Crippen MR) is 95.4 cm³/mol. The van der Waals surface area contributed by atoms with Gasteiger partial charge in [0, 0.05) is 30.3 Å². The van der Waals surface area contributed by atoms with Gasteiger partial charge in [-0.25, -0.2) is 9.37 Å². The smallest absolute Gasteiger partial charge is 0.338 e. The number of rotatable bonds is 3. The van der Waals surface area contributed by atoms with Crippen molar-refractivity contribution >= 4 is 5.91 Å². The number of halogens is 4. The number of benzene rings is 1. The number of likely N-dealkylation sites (tertiary alicyclic amines) is 1. The molecule has 6 nitrogen and oxygen atoms in total. The van der Waals surface area contributed by atoms with Crippen LogP contribution < -0.4 is 0 Å². The van der Waals surface area contributed by atoms with E-state index in [1.165, 1.54) is 24.3 Å². The molecule has 1 atom stereocenters. The van der Waals surface area contributed by atoms with Crippen molar-refractivity contribution in [1.82, 2.24) is 25.1 Å². The lowest BCUT2D eigenvalue weighted by atomic mass is 9.94. The maximum Gasteiger partial charge on any atom is 0.432 e. The van der Waals surface area contributed by atoms with Crippen LogP contribution in [0.25, 0.3) is 11.5 Å². The summed E-state index contributed by atoms with van der Waals surface area (Å²) >= 11 is 0. The van der Waals surface area contributed by atoms with Crippen molar-refractivity contribution in [2.24, 2.45) is 0 Å². The largest absolute Gasteiger partial charge is 0.432 e. The Labute approximate surface area is 163 Å². The first-order valence-corrected chi connectivity index (χ1v) is 9.04. The molecule has 1 aliphatic heterocycles. The van der Waals surface area contributed by atoms with Gasteiger partial charge in [-0.05, 0) is 43.2 Å². The van der Waals surface area contributed by atoms with Crippen LogP contribution in [0.1, 0.15) is 40.5 Å². The second-order valence-corrected chi connectivity index (χ2v) is 6.95. The van der Waals surface area contributed by atoms with E-state index in [2.05, 4.69) is 20.2 Å². The minimum Gasteiger partial charge on any atom is -0.338 e. The van der Waals surface area contributed by atoms with Gasteiger partial charge in [0.05, 0.1) is 6.20 Å². The van der Waals surface area contributed by atoms with Crippen molar-refractivity contribution in [2.75, 3.05) is 13.1 Å². The highest BCUT2D eigenvalue weighted by Gasteiger charge is 2.33. The minimum atomic E-state index is -4.50. The van der Waals surface area contributed by atoms with Gasteiger partial charge in [0.15, 0.2) is 5.82 Å². The molecule has 0 aliphatic carbocycles. The number of H-pyrrole nitrogens is 2. The highest BCUT2D eigenvalue weighted by atomic mass is 19.4. The predicted octanol–water partition coefficient (Wildman–Crippen LogP) is 3.98. The molecule has 3 aromatic rings. The third kappa shape index (κ3) is 4.01. The number of piperidine rings is 1. The molecule has 0 spiro atoms. The van der Waals surface area contributed by atoms with Gasteiger partial charge in [-0.2, -0.15) is 18.3 Å². The van der Waals surface area contributed by atoms with E-state index in [0.29, 0.717) is 18.7 Å². The molecule has 1 amide bonds. The molecule has 0 radical (unpaired) electrons. The van der Waals surface area contributed by atoms with Gasteiger partial charge in [-0.3, -0.25) is 9.89 Å². The number of alkyl halides is 3. The lowest BCUT2D eigenvalue weighted by Gasteiger charge is -2.32. The molecule has 0 unspecified atom stereocenters. The number of hydrogen-bond acceptors (Lipinski definition) is 3. The SMILES string of the molecule is O=C(c1ccc(F)cc1)N1CCC[C@H](c2cc(-c3ncc(C(F)(F)F)[nH]3)n[nH]2)C1. The molecule has 3 heterocycles. The zero-order chi connectivity index (χ0) is 20.6. The summed E-state index contributed by atoms with van der Waals surface area (Å²) in [6, 6.07) is 7.04. The Morgan fingerprint density at radius 3 is 2.66 bits per heavy atom. The van der Waals surface area contributed by atoms with Crippen LogP contribution in [0.3, 0.4) is 0 Å². The van der Waals surface area contributed by atoms with Crippen LogP contribution >= 0.6 is 0 Å². The van der Waals surface area contributed by atoms with Crippen molar-refractivity contribution in [3.05, 3.63) is 59.3 Å². The number of carbonyl (C=O) groups excluding carboxylic acids is 1. The van der Waals surface area contributed by atoms with E-state index >= 15 is 0 Å². The topological polar surface area (TPSA) is 77.7 Å². The van der Waals surface area contributed by atoms with Gasteiger partial charge in [0.1, 0.15) is 17.2 Å². The van der Waals surface area contributed by atoms with Crippen LogP contribution in [0.5, 0.6) is 0 Å². The maximum atomic E-state index is 13.1. The van der Waals surface area contributed by atoms with Crippen molar-refractivity contribution < 1.29 is 22.4 Å². The summed E-state index contributed by atoms with van der Waals surface area (Å²) in [7, 11) is 0. The normalized spacial score (nSPS) is 17.5. The second kappa shape index (κ2) is 7.34. The quantitative estimate of drug-likeness (QED) is 0.645. The van der Waals surface area contributed by atoms with Gasteiger partial charge < -0.3 is 9.88 Å².